The molecule has 1 aromatic heterocycles. The van der Waals surface area contributed by atoms with Gasteiger partial charge in [-0.3, -0.25) is 9.78 Å². The van der Waals surface area contributed by atoms with Crippen molar-refractivity contribution >= 4 is 33.2 Å². The summed E-state index contributed by atoms with van der Waals surface area (Å²) in [5, 5.41) is 12.3. The first-order valence-electron chi connectivity index (χ1n) is 16.6. The van der Waals surface area contributed by atoms with Gasteiger partial charge in [-0.05, 0) is 117 Å². The molecule has 0 saturated heterocycles. The van der Waals surface area contributed by atoms with Gasteiger partial charge in [0.1, 0.15) is 18.0 Å². The average Bonchev–Trinajstić information content (AvgIpc) is 3.05. The Morgan fingerprint density at radius 2 is 1.89 bits per heavy atom. The van der Waals surface area contributed by atoms with E-state index in [9.17, 15) is 18.3 Å². The summed E-state index contributed by atoms with van der Waals surface area (Å²) >= 11 is 6.35. The summed E-state index contributed by atoms with van der Waals surface area (Å²) in [5.41, 5.74) is 3.48. The molecule has 8 nitrogen and oxygen atoms in total. The molecule has 250 valence electrons. The number of carbonyl (C=O) groups excluding carboxylic acids is 1. The number of hydrogen-bond acceptors (Lipinski definition) is 7. The van der Waals surface area contributed by atoms with E-state index < -0.39 is 26.8 Å². The van der Waals surface area contributed by atoms with Crippen LogP contribution in [0.15, 0.2) is 66.9 Å². The zero-order valence-electron chi connectivity index (χ0n) is 27.3. The number of hydrogen-bond donors (Lipinski definition) is 2. The van der Waals surface area contributed by atoms with Crippen LogP contribution in [0.2, 0.25) is 5.02 Å². The van der Waals surface area contributed by atoms with Crippen molar-refractivity contribution in [3.8, 4) is 5.75 Å². The fourth-order valence-electron chi connectivity index (χ4n) is 7.07. The lowest BCUT2D eigenvalue weighted by Crippen LogP contribution is -2.49. The highest BCUT2D eigenvalue weighted by molar-refractivity contribution is 7.90. The first kappa shape index (κ1) is 33.5. The van der Waals surface area contributed by atoms with Crippen molar-refractivity contribution in [2.45, 2.75) is 76.8 Å². The van der Waals surface area contributed by atoms with Crippen LogP contribution >= 0.6 is 11.6 Å². The number of carbonyl (C=O) groups is 1. The number of benzene rings is 2. The minimum atomic E-state index is -3.99. The molecule has 3 aliphatic rings. The Morgan fingerprint density at radius 1 is 1.06 bits per heavy atom. The SMILES string of the molecule is Cc1ccc([C@@]2(O)/C=C/C[C@H](C)[C@@H](C)S(=O)(=O)NC(=O)c3ccc4c(c3)N(CCCCc3cc(Cl)ccc3CO4)C[C@@H]3CC[C@H]32)nc1. The van der Waals surface area contributed by atoms with Crippen molar-refractivity contribution in [2.75, 3.05) is 18.0 Å². The highest BCUT2D eigenvalue weighted by atomic mass is 35.5. The number of allylic oxidation sites excluding steroid dienone is 1. The van der Waals surface area contributed by atoms with Crippen LogP contribution in [0.3, 0.4) is 0 Å². The molecule has 2 aliphatic heterocycles. The smallest absolute Gasteiger partial charge is 0.264 e. The molecule has 2 aromatic carbocycles. The molecule has 0 unspecified atom stereocenters. The van der Waals surface area contributed by atoms with Crippen LogP contribution in [0.1, 0.15) is 78.7 Å². The Labute approximate surface area is 283 Å². The second-order valence-electron chi connectivity index (χ2n) is 13.6. The number of aliphatic hydroxyl groups is 1. The fourth-order valence-corrected chi connectivity index (χ4v) is 8.55. The van der Waals surface area contributed by atoms with Crippen molar-refractivity contribution in [1.29, 1.82) is 0 Å². The molecule has 47 heavy (non-hydrogen) atoms. The topological polar surface area (TPSA) is 109 Å². The van der Waals surface area contributed by atoms with Gasteiger partial charge in [0, 0.05) is 35.8 Å². The van der Waals surface area contributed by atoms with Gasteiger partial charge in [0.2, 0.25) is 10.0 Å². The standard InChI is InChI=1S/C37H44ClN3O5S/c1-24-9-16-35(39-21-24)37(43)17-6-7-25(2)26(3)47(44,45)40-36(42)28-12-15-34-33(20-28)41(22-29-11-14-32(29)37)18-5-4-8-27-19-31(38)13-10-30(27)23-46-34/h6,9-10,12-13,15-17,19-21,25-26,29,32,43H,4-5,7-8,11,14,18,22-23H2,1-3H3,(H,40,42)/b17-6+/t25-,26+,29-,32+,37+/m0/s1. The number of rotatable bonds is 1. The summed E-state index contributed by atoms with van der Waals surface area (Å²) in [7, 11) is -3.99. The largest absolute Gasteiger partial charge is 0.487 e. The van der Waals surface area contributed by atoms with Crippen molar-refractivity contribution in [1.82, 2.24) is 9.71 Å². The number of ether oxygens (including phenoxy) is 1. The molecule has 1 amide bonds. The van der Waals surface area contributed by atoms with Crippen molar-refractivity contribution in [2.24, 2.45) is 17.8 Å². The van der Waals surface area contributed by atoms with Crippen LogP contribution in [0.4, 0.5) is 5.69 Å². The predicted octanol–water partition coefficient (Wildman–Crippen LogP) is 6.72. The lowest BCUT2D eigenvalue weighted by molar-refractivity contribution is -0.0528. The normalized spacial score (nSPS) is 28.7. The van der Waals surface area contributed by atoms with E-state index in [0.29, 0.717) is 42.6 Å². The number of fused-ring (bicyclic) bond motifs is 3. The maximum Gasteiger partial charge on any atom is 0.264 e. The Morgan fingerprint density at radius 3 is 2.64 bits per heavy atom. The van der Waals surface area contributed by atoms with Gasteiger partial charge in [0.15, 0.2) is 0 Å². The van der Waals surface area contributed by atoms with Crippen molar-refractivity contribution in [3.63, 3.8) is 0 Å². The number of aromatic nitrogens is 1. The molecular formula is C37H44ClN3O5S. The fraction of sp³-hybridized carbons (Fsp3) is 0.459. The van der Waals surface area contributed by atoms with Gasteiger partial charge < -0.3 is 14.7 Å². The van der Waals surface area contributed by atoms with Crippen LogP contribution < -0.4 is 14.4 Å². The van der Waals surface area contributed by atoms with Gasteiger partial charge >= 0.3 is 0 Å². The first-order valence-corrected chi connectivity index (χ1v) is 18.6. The number of anilines is 1. The number of nitrogens with one attached hydrogen (secondary N) is 1. The summed E-state index contributed by atoms with van der Waals surface area (Å²) in [5.74, 6) is -0.319. The van der Waals surface area contributed by atoms with Gasteiger partial charge in [0.25, 0.3) is 5.91 Å². The van der Waals surface area contributed by atoms with Crippen LogP contribution in [0.5, 0.6) is 5.75 Å². The Kier molecular flexibility index (Phi) is 9.70. The molecule has 3 heterocycles. The van der Waals surface area contributed by atoms with E-state index in [1.54, 1.807) is 31.3 Å². The van der Waals surface area contributed by atoms with E-state index in [2.05, 4.69) is 14.6 Å². The number of nitrogens with zero attached hydrogens (tertiary/aromatic N) is 2. The Bertz CT molecular complexity index is 1760. The monoisotopic (exact) mass is 677 g/mol. The van der Waals surface area contributed by atoms with Crippen molar-refractivity contribution in [3.05, 3.63) is 99.9 Å². The zero-order chi connectivity index (χ0) is 33.3. The number of pyridine rings is 1. The van der Waals surface area contributed by atoms with Crippen LogP contribution in [0, 0.1) is 24.7 Å². The lowest BCUT2D eigenvalue weighted by Gasteiger charge is -2.48. The molecule has 1 saturated carbocycles. The van der Waals surface area contributed by atoms with E-state index >= 15 is 0 Å². The van der Waals surface area contributed by atoms with Gasteiger partial charge in [-0.25, -0.2) is 13.1 Å². The van der Waals surface area contributed by atoms with Gasteiger partial charge in [-0.2, -0.15) is 0 Å². The van der Waals surface area contributed by atoms with Crippen molar-refractivity contribution < 1.29 is 23.1 Å². The second-order valence-corrected chi connectivity index (χ2v) is 16.0. The van der Waals surface area contributed by atoms with E-state index in [4.69, 9.17) is 16.3 Å². The third-order valence-corrected chi connectivity index (χ3v) is 12.6. The summed E-state index contributed by atoms with van der Waals surface area (Å²) in [6.45, 7) is 7.10. The summed E-state index contributed by atoms with van der Waals surface area (Å²) < 4.78 is 35.6. The molecule has 10 heteroatoms. The third-order valence-electron chi connectivity index (χ3n) is 10.4. The van der Waals surface area contributed by atoms with E-state index in [1.165, 1.54) is 0 Å². The van der Waals surface area contributed by atoms with Crippen LogP contribution in [0.25, 0.3) is 0 Å². The van der Waals surface area contributed by atoms with Crippen LogP contribution in [-0.4, -0.2) is 42.8 Å². The zero-order valence-corrected chi connectivity index (χ0v) is 28.9. The molecule has 6 rings (SSSR count). The minimum Gasteiger partial charge on any atom is -0.487 e. The van der Waals surface area contributed by atoms with E-state index in [-0.39, 0.29) is 23.3 Å². The number of aryl methyl sites for hydroxylation is 2. The molecule has 2 bridgehead atoms. The molecular weight excluding hydrogens is 634 g/mol. The molecule has 1 fully saturated rings. The Hall–Kier alpha value is -3.40. The van der Waals surface area contributed by atoms with Crippen LogP contribution in [-0.2, 0) is 28.7 Å². The summed E-state index contributed by atoms with van der Waals surface area (Å²) in [6, 6.07) is 14.9. The summed E-state index contributed by atoms with van der Waals surface area (Å²) in [6.07, 6.45) is 10.3. The molecule has 5 atom stereocenters. The Balaban J connectivity index is 1.43. The highest BCUT2D eigenvalue weighted by Gasteiger charge is 2.47. The lowest BCUT2D eigenvalue weighted by atomic mass is 9.63. The predicted molar refractivity (Wildman–Crippen MR) is 185 cm³/mol. The molecule has 0 radical (unpaired) electrons. The number of amides is 1. The number of halogens is 1. The quantitative estimate of drug-likeness (QED) is 0.275. The van der Waals surface area contributed by atoms with E-state index in [1.807, 2.05) is 56.3 Å². The third kappa shape index (κ3) is 7.08. The number of sulfonamides is 1. The molecule has 2 N–H and O–H groups in total. The van der Waals surface area contributed by atoms with E-state index in [0.717, 1.165) is 54.5 Å². The summed E-state index contributed by atoms with van der Waals surface area (Å²) in [4.78, 5) is 20.4. The minimum absolute atomic E-state index is 0.0984. The molecule has 1 aliphatic carbocycles. The van der Waals surface area contributed by atoms with Gasteiger partial charge in [0.05, 0.1) is 16.6 Å². The molecule has 0 spiro atoms. The maximum absolute atomic E-state index is 13.5. The second kappa shape index (κ2) is 13.6. The molecule has 3 aromatic rings. The van der Waals surface area contributed by atoms with Gasteiger partial charge in [-0.1, -0.05) is 42.8 Å². The highest BCUT2D eigenvalue weighted by Crippen LogP contribution is 2.48. The maximum atomic E-state index is 13.5. The van der Waals surface area contributed by atoms with Gasteiger partial charge in [-0.15, -0.1) is 0 Å². The average molecular weight is 678 g/mol. The first-order chi connectivity index (χ1) is 22.4.